The van der Waals surface area contributed by atoms with E-state index in [2.05, 4.69) is 314 Å². The molecule has 14 aromatic carbocycles. The predicted molar refractivity (Wildman–Crippen MR) is 337 cm³/mol. The molecule has 0 radical (unpaired) electrons. The van der Waals surface area contributed by atoms with Crippen molar-refractivity contribution in [1.29, 1.82) is 0 Å². The van der Waals surface area contributed by atoms with Crippen molar-refractivity contribution in [1.82, 2.24) is 0 Å². The molecule has 1 heteroatoms. The van der Waals surface area contributed by atoms with Crippen molar-refractivity contribution in [3.05, 3.63) is 332 Å². The van der Waals surface area contributed by atoms with Gasteiger partial charge < -0.3 is 4.90 Å². The van der Waals surface area contributed by atoms with Crippen LogP contribution in [0.25, 0.3) is 110 Å². The van der Waals surface area contributed by atoms with E-state index in [1.165, 1.54) is 121 Å². The van der Waals surface area contributed by atoms with E-state index in [1.807, 2.05) is 0 Å². The molecule has 1 spiro atoms. The zero-order valence-electron chi connectivity index (χ0n) is 43.9. The van der Waals surface area contributed by atoms with Gasteiger partial charge in [-0.25, -0.2) is 0 Å². The number of benzene rings is 14. The number of rotatable bonds is 8. The van der Waals surface area contributed by atoms with Crippen LogP contribution in [-0.4, -0.2) is 0 Å². The lowest BCUT2D eigenvalue weighted by atomic mass is 9.70. The number of hydrogen-bond donors (Lipinski definition) is 0. The standard InChI is InChI=1S/C79H51N/c1-2-18-52(19-3-1)53-36-38-54(39-37-53)55-40-42-56(43-41-55)57-44-46-61(47-45-57)80(62-48-49-70-69-29-12-15-35-75(69)79(76(70)51-62)73-33-13-10-27-67(73)68-28-11-14-34-74(68)79)78-72-31-9-7-26-66(72)65-25-6-8-30-71(65)77(78)60-23-16-22-59(50-60)64-32-17-21-58-20-4-5-24-63(58)64/h1-51H. The highest BCUT2D eigenvalue weighted by Crippen LogP contribution is 2.64. The minimum atomic E-state index is -0.512. The molecule has 0 aliphatic heterocycles. The summed E-state index contributed by atoms with van der Waals surface area (Å²) in [6.07, 6.45) is 0. The van der Waals surface area contributed by atoms with Gasteiger partial charge in [0.2, 0.25) is 0 Å². The molecule has 2 aliphatic carbocycles. The maximum atomic E-state index is 2.57. The third-order valence-electron chi connectivity index (χ3n) is 17.3. The maximum Gasteiger partial charge on any atom is 0.0726 e. The molecular weight excluding hydrogens is 963 g/mol. The molecule has 0 heterocycles. The molecule has 0 saturated carbocycles. The summed E-state index contributed by atoms with van der Waals surface area (Å²) in [5.41, 5.74) is 25.2. The minimum absolute atomic E-state index is 0.512. The molecule has 0 unspecified atom stereocenters. The first-order valence-electron chi connectivity index (χ1n) is 27.8. The van der Waals surface area contributed by atoms with Crippen molar-refractivity contribution in [2.24, 2.45) is 0 Å². The Kier molecular flexibility index (Phi) is 10.5. The van der Waals surface area contributed by atoms with Crippen LogP contribution in [0.5, 0.6) is 0 Å². The van der Waals surface area contributed by atoms with Crippen LogP contribution < -0.4 is 4.90 Å². The minimum Gasteiger partial charge on any atom is -0.309 e. The lowest BCUT2D eigenvalue weighted by molar-refractivity contribution is 0.793. The first kappa shape index (κ1) is 45.8. The summed E-state index contributed by atoms with van der Waals surface area (Å²) in [5.74, 6) is 0. The summed E-state index contributed by atoms with van der Waals surface area (Å²) in [6.45, 7) is 0. The summed E-state index contributed by atoms with van der Waals surface area (Å²) < 4.78 is 0. The maximum absolute atomic E-state index is 2.57. The molecule has 80 heavy (non-hydrogen) atoms. The van der Waals surface area contributed by atoms with Crippen molar-refractivity contribution in [3.8, 4) is 77.9 Å². The Bertz CT molecular complexity index is 4670. The quantitative estimate of drug-likeness (QED) is 0.137. The van der Waals surface area contributed by atoms with Crippen molar-refractivity contribution < 1.29 is 0 Å². The summed E-state index contributed by atoms with van der Waals surface area (Å²) in [4.78, 5) is 2.57. The molecule has 0 amide bonds. The highest BCUT2D eigenvalue weighted by atomic mass is 15.1. The van der Waals surface area contributed by atoms with Crippen molar-refractivity contribution in [2.45, 2.75) is 5.41 Å². The Balaban J connectivity index is 0.917. The van der Waals surface area contributed by atoms with Gasteiger partial charge in [0.05, 0.1) is 11.1 Å². The number of anilines is 3. The van der Waals surface area contributed by atoms with E-state index in [9.17, 15) is 0 Å². The normalized spacial score (nSPS) is 12.6. The third kappa shape index (κ3) is 7.04. The van der Waals surface area contributed by atoms with Gasteiger partial charge in [0.25, 0.3) is 0 Å². The van der Waals surface area contributed by atoms with E-state index in [0.29, 0.717) is 0 Å². The fourth-order valence-electron chi connectivity index (χ4n) is 13.7. The largest absolute Gasteiger partial charge is 0.309 e. The second kappa shape index (κ2) is 18.4. The van der Waals surface area contributed by atoms with Crippen LogP contribution in [0, 0.1) is 0 Å². The summed E-state index contributed by atoms with van der Waals surface area (Å²) in [6, 6.07) is 115. The molecule has 0 saturated heterocycles. The van der Waals surface area contributed by atoms with E-state index >= 15 is 0 Å². The Hall–Kier alpha value is -10.3. The number of hydrogen-bond acceptors (Lipinski definition) is 1. The number of nitrogens with zero attached hydrogens (tertiary/aromatic N) is 1. The van der Waals surface area contributed by atoms with Crippen LogP contribution in [0.3, 0.4) is 0 Å². The Morgan fingerprint density at radius 1 is 0.212 bits per heavy atom. The average molecular weight is 1010 g/mol. The molecule has 0 aromatic heterocycles. The van der Waals surface area contributed by atoms with Crippen molar-refractivity contribution >= 4 is 49.4 Å². The van der Waals surface area contributed by atoms with Crippen molar-refractivity contribution in [2.75, 3.05) is 4.90 Å². The molecule has 0 N–H and O–H groups in total. The highest BCUT2D eigenvalue weighted by molar-refractivity contribution is 6.23. The first-order chi connectivity index (χ1) is 39.7. The van der Waals surface area contributed by atoms with Crippen LogP contribution in [-0.2, 0) is 5.41 Å². The van der Waals surface area contributed by atoms with E-state index in [4.69, 9.17) is 0 Å². The molecular formula is C79H51N. The first-order valence-corrected chi connectivity index (χ1v) is 27.8. The van der Waals surface area contributed by atoms with Gasteiger partial charge in [-0.15, -0.1) is 0 Å². The van der Waals surface area contributed by atoms with Gasteiger partial charge in [-0.1, -0.05) is 279 Å². The van der Waals surface area contributed by atoms with Gasteiger partial charge in [-0.2, -0.15) is 0 Å². The molecule has 16 rings (SSSR count). The van der Waals surface area contributed by atoms with Crippen LogP contribution in [0.2, 0.25) is 0 Å². The van der Waals surface area contributed by atoms with Crippen molar-refractivity contribution in [3.63, 3.8) is 0 Å². The van der Waals surface area contributed by atoms with E-state index in [-0.39, 0.29) is 0 Å². The predicted octanol–water partition coefficient (Wildman–Crippen LogP) is 21.3. The van der Waals surface area contributed by atoms with Crippen LogP contribution in [0.4, 0.5) is 17.1 Å². The fourth-order valence-corrected chi connectivity index (χ4v) is 13.7. The van der Waals surface area contributed by atoms with Gasteiger partial charge in [-0.3, -0.25) is 0 Å². The molecule has 1 nitrogen and oxygen atoms in total. The average Bonchev–Trinajstić information content (AvgIpc) is 3.03. The molecule has 0 bridgehead atoms. The van der Waals surface area contributed by atoms with Crippen LogP contribution >= 0.6 is 0 Å². The smallest absolute Gasteiger partial charge is 0.0726 e. The second-order valence-corrected chi connectivity index (χ2v) is 21.4. The fraction of sp³-hybridized carbons (Fsp3) is 0.0127. The van der Waals surface area contributed by atoms with Gasteiger partial charge in [0.1, 0.15) is 0 Å². The molecule has 14 aromatic rings. The van der Waals surface area contributed by atoms with E-state index in [0.717, 1.165) is 28.2 Å². The summed E-state index contributed by atoms with van der Waals surface area (Å²) in [7, 11) is 0. The third-order valence-corrected chi connectivity index (χ3v) is 17.3. The van der Waals surface area contributed by atoms with Gasteiger partial charge in [0.15, 0.2) is 0 Å². The Labute approximate surface area is 466 Å². The lowest BCUT2D eigenvalue weighted by Gasteiger charge is -2.33. The molecule has 372 valence electrons. The molecule has 0 fully saturated rings. The van der Waals surface area contributed by atoms with Gasteiger partial charge in [-0.05, 0) is 152 Å². The SMILES string of the molecule is c1ccc(-c2ccc(-c3ccc(-c4ccc(N(c5ccc6c(c5)C5(c7ccccc7-c7ccccc75)c5ccccc5-6)c5c(-c6cccc(-c7cccc8ccccc78)c6)c6ccccc6c6ccccc56)cc4)cc3)cc2)cc1. The van der Waals surface area contributed by atoms with Gasteiger partial charge in [0, 0.05) is 22.3 Å². The highest BCUT2D eigenvalue weighted by Gasteiger charge is 2.51. The monoisotopic (exact) mass is 1010 g/mol. The van der Waals surface area contributed by atoms with E-state index < -0.39 is 5.41 Å². The lowest BCUT2D eigenvalue weighted by Crippen LogP contribution is -2.26. The van der Waals surface area contributed by atoms with E-state index in [1.54, 1.807) is 0 Å². The zero-order valence-corrected chi connectivity index (χ0v) is 43.9. The summed E-state index contributed by atoms with van der Waals surface area (Å²) in [5, 5.41) is 7.31. The van der Waals surface area contributed by atoms with Gasteiger partial charge >= 0.3 is 0 Å². The summed E-state index contributed by atoms with van der Waals surface area (Å²) >= 11 is 0. The Morgan fingerprint density at radius 3 is 1.20 bits per heavy atom. The number of fused-ring (bicyclic) bond motifs is 14. The molecule has 0 atom stereocenters. The Morgan fingerprint density at radius 2 is 0.600 bits per heavy atom. The topological polar surface area (TPSA) is 3.24 Å². The van der Waals surface area contributed by atoms with Crippen LogP contribution in [0.15, 0.2) is 309 Å². The second-order valence-electron chi connectivity index (χ2n) is 21.4. The van der Waals surface area contributed by atoms with Crippen LogP contribution in [0.1, 0.15) is 22.3 Å². The molecule has 2 aliphatic rings. The zero-order chi connectivity index (χ0) is 52.7.